The topological polar surface area (TPSA) is 58.4 Å². The average Bonchev–Trinajstić information content (AvgIpc) is 3.12. The first kappa shape index (κ1) is 22.1. The number of hydrogen-bond donors (Lipinski definition) is 1. The summed E-state index contributed by atoms with van der Waals surface area (Å²) in [6.45, 7) is 4.31. The van der Waals surface area contributed by atoms with E-state index in [0.717, 1.165) is 29.6 Å². The van der Waals surface area contributed by atoms with Crippen molar-refractivity contribution in [1.29, 1.82) is 0 Å². The molecule has 0 bridgehead atoms. The van der Waals surface area contributed by atoms with Crippen molar-refractivity contribution in [3.63, 3.8) is 0 Å². The minimum absolute atomic E-state index is 0.0726. The van der Waals surface area contributed by atoms with Crippen LogP contribution >= 0.6 is 0 Å². The highest BCUT2D eigenvalue weighted by atomic mass is 19.1. The molecular formula is C24H24F3N3O2. The quantitative estimate of drug-likeness (QED) is 0.646. The highest BCUT2D eigenvalue weighted by Gasteiger charge is 2.30. The maximum atomic E-state index is 14.7. The van der Waals surface area contributed by atoms with Gasteiger partial charge in [-0.1, -0.05) is 0 Å². The van der Waals surface area contributed by atoms with Gasteiger partial charge in [0.05, 0.1) is 11.8 Å². The number of carbonyl (C=O) groups excluding carboxylic acids is 1. The minimum Gasteiger partial charge on any atom is -0.388 e. The molecule has 1 aromatic heterocycles. The van der Waals surface area contributed by atoms with Gasteiger partial charge in [0.25, 0.3) is 5.91 Å². The molecule has 1 amide bonds. The number of carbonyl (C=O) groups is 1. The number of halogens is 3. The molecule has 0 saturated carbocycles. The summed E-state index contributed by atoms with van der Waals surface area (Å²) in [7, 11) is 0. The number of aryl methyl sites for hydroxylation is 2. The summed E-state index contributed by atoms with van der Waals surface area (Å²) in [6.07, 6.45) is -0.301. The standard InChI is InChI=1S/C24H24F3N3O2/c1-14-11-15(2)30(28-14)22-6-3-17(12-21(22)27)24(32)29-9-7-16(8-10-29)23(31)19-13-18(25)4-5-20(19)26/h3-6,11-13,16,23,31H,7-10H2,1-2H3. The predicted octanol–water partition coefficient (Wildman–Crippen LogP) is 4.49. The molecule has 1 unspecified atom stereocenters. The smallest absolute Gasteiger partial charge is 0.253 e. The lowest BCUT2D eigenvalue weighted by atomic mass is 9.87. The van der Waals surface area contributed by atoms with Gasteiger partial charge < -0.3 is 10.0 Å². The fourth-order valence-electron chi connectivity index (χ4n) is 4.28. The lowest BCUT2D eigenvalue weighted by Crippen LogP contribution is -2.40. The fraction of sp³-hybridized carbons (Fsp3) is 0.333. The SMILES string of the molecule is Cc1cc(C)n(-c2ccc(C(=O)N3CCC(C(O)c4cc(F)ccc4F)CC3)cc2F)n1. The van der Waals surface area contributed by atoms with E-state index in [2.05, 4.69) is 5.10 Å². The third kappa shape index (κ3) is 4.27. The van der Waals surface area contributed by atoms with Crippen LogP contribution in [0.3, 0.4) is 0 Å². The van der Waals surface area contributed by atoms with E-state index >= 15 is 0 Å². The van der Waals surface area contributed by atoms with Crippen molar-refractivity contribution in [2.75, 3.05) is 13.1 Å². The maximum Gasteiger partial charge on any atom is 0.253 e. The number of rotatable bonds is 4. The van der Waals surface area contributed by atoms with Gasteiger partial charge in [0.2, 0.25) is 0 Å². The third-order valence-electron chi connectivity index (χ3n) is 5.98. The number of aliphatic hydroxyl groups excluding tert-OH is 1. The first-order valence-electron chi connectivity index (χ1n) is 10.5. The molecule has 1 aliphatic heterocycles. The summed E-state index contributed by atoms with van der Waals surface area (Å²) in [5, 5.41) is 14.8. The number of amides is 1. The summed E-state index contributed by atoms with van der Waals surface area (Å²) < 4.78 is 43.7. The van der Waals surface area contributed by atoms with Crippen molar-refractivity contribution in [3.8, 4) is 5.69 Å². The molecule has 168 valence electrons. The van der Waals surface area contributed by atoms with Crippen LogP contribution in [-0.2, 0) is 0 Å². The molecule has 0 spiro atoms. The predicted molar refractivity (Wildman–Crippen MR) is 113 cm³/mol. The first-order chi connectivity index (χ1) is 15.2. The zero-order valence-electron chi connectivity index (χ0n) is 17.9. The molecule has 2 heterocycles. The molecule has 1 aliphatic rings. The lowest BCUT2D eigenvalue weighted by molar-refractivity contribution is 0.0448. The average molecular weight is 443 g/mol. The molecule has 8 heteroatoms. The van der Waals surface area contributed by atoms with Crippen molar-refractivity contribution in [2.24, 2.45) is 5.92 Å². The van der Waals surface area contributed by atoms with Crippen LogP contribution in [0.15, 0.2) is 42.5 Å². The van der Waals surface area contributed by atoms with E-state index in [1.165, 1.54) is 16.8 Å². The van der Waals surface area contributed by atoms with Crippen LogP contribution in [0.4, 0.5) is 13.2 Å². The molecule has 2 aromatic carbocycles. The third-order valence-corrected chi connectivity index (χ3v) is 5.98. The van der Waals surface area contributed by atoms with Crippen LogP contribution in [0.25, 0.3) is 5.69 Å². The largest absolute Gasteiger partial charge is 0.388 e. The van der Waals surface area contributed by atoms with Crippen molar-refractivity contribution in [2.45, 2.75) is 32.8 Å². The fourth-order valence-corrected chi connectivity index (χ4v) is 4.28. The van der Waals surface area contributed by atoms with Gasteiger partial charge in [-0.2, -0.15) is 5.10 Å². The summed E-state index contributed by atoms with van der Waals surface area (Å²) in [5.74, 6) is -2.43. The highest BCUT2D eigenvalue weighted by Crippen LogP contribution is 2.33. The summed E-state index contributed by atoms with van der Waals surface area (Å²) in [4.78, 5) is 14.5. The Morgan fingerprint density at radius 2 is 1.75 bits per heavy atom. The monoisotopic (exact) mass is 443 g/mol. The van der Waals surface area contributed by atoms with E-state index in [-0.39, 0.29) is 28.6 Å². The molecule has 1 N–H and O–H groups in total. The van der Waals surface area contributed by atoms with E-state index in [1.54, 1.807) is 11.0 Å². The molecule has 0 radical (unpaired) electrons. The van der Waals surface area contributed by atoms with E-state index in [4.69, 9.17) is 0 Å². The number of aromatic nitrogens is 2. The normalized spacial score (nSPS) is 15.8. The van der Waals surface area contributed by atoms with Gasteiger partial charge in [0.15, 0.2) is 0 Å². The van der Waals surface area contributed by atoms with Crippen LogP contribution in [0.5, 0.6) is 0 Å². The Morgan fingerprint density at radius 1 is 1.03 bits per heavy atom. The lowest BCUT2D eigenvalue weighted by Gasteiger charge is -2.34. The second-order valence-corrected chi connectivity index (χ2v) is 8.25. The Hall–Kier alpha value is -3.13. The summed E-state index contributed by atoms with van der Waals surface area (Å²) in [5.41, 5.74) is 1.98. The van der Waals surface area contributed by atoms with Gasteiger partial charge in [0.1, 0.15) is 23.1 Å². The number of nitrogens with zero attached hydrogens (tertiary/aromatic N) is 3. The number of piperidine rings is 1. The number of hydrogen-bond acceptors (Lipinski definition) is 3. The Balaban J connectivity index is 1.44. The molecule has 1 fully saturated rings. The summed E-state index contributed by atoms with van der Waals surface area (Å²) >= 11 is 0. The van der Waals surface area contributed by atoms with Crippen LogP contribution in [0.2, 0.25) is 0 Å². The van der Waals surface area contributed by atoms with Gasteiger partial charge >= 0.3 is 0 Å². The molecule has 4 rings (SSSR count). The maximum absolute atomic E-state index is 14.7. The molecule has 1 saturated heterocycles. The van der Waals surface area contributed by atoms with Gasteiger partial charge in [-0.05, 0) is 75.1 Å². The van der Waals surface area contributed by atoms with Gasteiger partial charge in [0, 0.05) is 29.9 Å². The Bertz CT molecular complexity index is 1150. The van der Waals surface area contributed by atoms with Gasteiger partial charge in [-0.3, -0.25) is 4.79 Å². The second kappa shape index (κ2) is 8.78. The van der Waals surface area contributed by atoms with Gasteiger partial charge in [-0.15, -0.1) is 0 Å². The van der Waals surface area contributed by atoms with Crippen LogP contribution in [0, 0.1) is 37.2 Å². The molecule has 3 aromatic rings. The Kier molecular flexibility index (Phi) is 6.06. The van der Waals surface area contributed by atoms with E-state index < -0.39 is 23.6 Å². The molecule has 32 heavy (non-hydrogen) atoms. The zero-order chi connectivity index (χ0) is 23.0. The first-order valence-corrected chi connectivity index (χ1v) is 10.5. The molecule has 0 aliphatic carbocycles. The van der Waals surface area contributed by atoms with Crippen molar-refractivity contribution in [1.82, 2.24) is 14.7 Å². The van der Waals surface area contributed by atoms with Crippen molar-refractivity contribution in [3.05, 3.63) is 82.4 Å². The Labute approximate surface area is 184 Å². The number of benzene rings is 2. The minimum atomic E-state index is -1.15. The second-order valence-electron chi connectivity index (χ2n) is 8.25. The molecule has 1 atom stereocenters. The van der Waals surface area contributed by atoms with Crippen molar-refractivity contribution >= 4 is 5.91 Å². The van der Waals surface area contributed by atoms with E-state index in [0.29, 0.717) is 25.9 Å². The number of likely N-dealkylation sites (tertiary alicyclic amines) is 1. The Morgan fingerprint density at radius 3 is 2.38 bits per heavy atom. The zero-order valence-corrected chi connectivity index (χ0v) is 17.9. The highest BCUT2D eigenvalue weighted by molar-refractivity contribution is 5.94. The van der Waals surface area contributed by atoms with E-state index in [9.17, 15) is 23.1 Å². The van der Waals surface area contributed by atoms with E-state index in [1.807, 2.05) is 19.9 Å². The molecule has 5 nitrogen and oxygen atoms in total. The molecular weight excluding hydrogens is 419 g/mol. The van der Waals surface area contributed by atoms with Crippen LogP contribution in [0.1, 0.15) is 46.3 Å². The van der Waals surface area contributed by atoms with Crippen LogP contribution in [-0.4, -0.2) is 38.8 Å². The number of aliphatic hydroxyl groups is 1. The van der Waals surface area contributed by atoms with Crippen LogP contribution < -0.4 is 0 Å². The van der Waals surface area contributed by atoms with Crippen molar-refractivity contribution < 1.29 is 23.1 Å². The summed E-state index contributed by atoms with van der Waals surface area (Å²) in [6, 6.07) is 9.16. The van der Waals surface area contributed by atoms with Gasteiger partial charge in [-0.25, -0.2) is 17.9 Å².